The normalized spacial score (nSPS) is 25.2. The summed E-state index contributed by atoms with van der Waals surface area (Å²) in [6, 6.07) is 10.6. The molecule has 0 amide bonds. The summed E-state index contributed by atoms with van der Waals surface area (Å²) in [5.74, 6) is 0. The van der Waals surface area contributed by atoms with Crippen LogP contribution < -0.4 is 5.32 Å². The molecule has 1 aliphatic heterocycles. The molecule has 118 valence electrons. The van der Waals surface area contributed by atoms with Gasteiger partial charge in [0.2, 0.25) is 0 Å². The summed E-state index contributed by atoms with van der Waals surface area (Å²) in [7, 11) is 4.34. The molecule has 21 heavy (non-hydrogen) atoms. The number of hydrogen-bond donors (Lipinski definition) is 1. The predicted molar refractivity (Wildman–Crippen MR) is 88.4 cm³/mol. The van der Waals surface area contributed by atoms with Gasteiger partial charge in [0.1, 0.15) is 0 Å². The van der Waals surface area contributed by atoms with Gasteiger partial charge in [0.25, 0.3) is 0 Å². The molecule has 1 unspecified atom stereocenters. The summed E-state index contributed by atoms with van der Waals surface area (Å²) >= 11 is 0. The Hall–Kier alpha value is -0.900. The first kappa shape index (κ1) is 16.5. The van der Waals surface area contributed by atoms with Gasteiger partial charge in [-0.25, -0.2) is 0 Å². The van der Waals surface area contributed by atoms with Crippen LogP contribution in [-0.2, 0) is 11.3 Å². The molecule has 3 nitrogen and oxygen atoms in total. The van der Waals surface area contributed by atoms with Crippen molar-refractivity contribution in [3.8, 4) is 0 Å². The molecule has 1 aliphatic rings. The van der Waals surface area contributed by atoms with Gasteiger partial charge in [-0.3, -0.25) is 0 Å². The molecule has 0 saturated carbocycles. The van der Waals surface area contributed by atoms with Gasteiger partial charge in [-0.2, -0.15) is 0 Å². The second-order valence-corrected chi connectivity index (χ2v) is 7.36. The summed E-state index contributed by atoms with van der Waals surface area (Å²) < 4.78 is 5.92. The minimum atomic E-state index is -0.0112. The van der Waals surface area contributed by atoms with Gasteiger partial charge in [-0.15, -0.1) is 0 Å². The van der Waals surface area contributed by atoms with Crippen molar-refractivity contribution < 1.29 is 4.74 Å². The third kappa shape index (κ3) is 5.10. The highest BCUT2D eigenvalue weighted by molar-refractivity contribution is 5.14. The van der Waals surface area contributed by atoms with Crippen molar-refractivity contribution in [2.75, 3.05) is 33.8 Å². The second kappa shape index (κ2) is 6.91. The predicted octanol–water partition coefficient (Wildman–Crippen LogP) is 2.91. The van der Waals surface area contributed by atoms with Gasteiger partial charge in [0.05, 0.1) is 5.60 Å². The molecule has 1 aromatic carbocycles. The van der Waals surface area contributed by atoms with Crippen LogP contribution in [0.25, 0.3) is 0 Å². The van der Waals surface area contributed by atoms with E-state index in [1.54, 1.807) is 0 Å². The molecule has 0 aliphatic carbocycles. The summed E-state index contributed by atoms with van der Waals surface area (Å²) in [5.41, 5.74) is 1.65. The van der Waals surface area contributed by atoms with Crippen LogP contribution in [0.1, 0.15) is 32.3 Å². The molecule has 1 atom stereocenters. The summed E-state index contributed by atoms with van der Waals surface area (Å²) in [5, 5.41) is 3.67. The smallest absolute Gasteiger partial charge is 0.0632 e. The fourth-order valence-electron chi connectivity index (χ4n) is 3.67. The van der Waals surface area contributed by atoms with Crippen LogP contribution in [0.3, 0.4) is 0 Å². The van der Waals surface area contributed by atoms with Gasteiger partial charge >= 0.3 is 0 Å². The SMILES string of the molecule is CN(C)CC1(CNCc2ccccc2)CCOC(C)(C)C1. The molecule has 1 saturated heterocycles. The lowest BCUT2D eigenvalue weighted by molar-refractivity contribution is -0.109. The van der Waals surface area contributed by atoms with Crippen molar-refractivity contribution in [1.82, 2.24) is 10.2 Å². The molecule has 0 aromatic heterocycles. The van der Waals surface area contributed by atoms with Crippen LogP contribution in [-0.4, -0.2) is 44.3 Å². The number of benzene rings is 1. The molecular weight excluding hydrogens is 260 g/mol. The maximum Gasteiger partial charge on any atom is 0.0632 e. The van der Waals surface area contributed by atoms with Gasteiger partial charge in [-0.1, -0.05) is 30.3 Å². The van der Waals surface area contributed by atoms with E-state index in [2.05, 4.69) is 68.5 Å². The Labute approximate surface area is 129 Å². The Bertz CT molecular complexity index is 430. The zero-order valence-electron chi connectivity index (χ0n) is 14.0. The van der Waals surface area contributed by atoms with Crippen molar-refractivity contribution in [2.24, 2.45) is 5.41 Å². The van der Waals surface area contributed by atoms with Crippen molar-refractivity contribution in [3.63, 3.8) is 0 Å². The van der Waals surface area contributed by atoms with Gasteiger partial charge in [-0.05, 0) is 46.3 Å². The van der Waals surface area contributed by atoms with Crippen molar-refractivity contribution >= 4 is 0 Å². The number of ether oxygens (including phenoxy) is 1. The Morgan fingerprint density at radius 3 is 2.52 bits per heavy atom. The molecule has 1 aromatic rings. The Morgan fingerprint density at radius 2 is 1.90 bits per heavy atom. The first-order valence-corrected chi connectivity index (χ1v) is 7.94. The summed E-state index contributed by atoms with van der Waals surface area (Å²) in [6.45, 7) is 8.40. The molecule has 2 rings (SSSR count). The van der Waals surface area contributed by atoms with Crippen LogP contribution in [0, 0.1) is 5.41 Å². The lowest BCUT2D eigenvalue weighted by Gasteiger charge is -2.46. The molecule has 0 bridgehead atoms. The van der Waals surface area contributed by atoms with E-state index >= 15 is 0 Å². The van der Waals surface area contributed by atoms with E-state index in [4.69, 9.17) is 4.74 Å². The Morgan fingerprint density at radius 1 is 1.19 bits per heavy atom. The Balaban J connectivity index is 1.96. The molecule has 0 radical (unpaired) electrons. The zero-order valence-corrected chi connectivity index (χ0v) is 14.0. The number of hydrogen-bond acceptors (Lipinski definition) is 3. The van der Waals surface area contributed by atoms with Crippen LogP contribution in [0.15, 0.2) is 30.3 Å². The number of nitrogens with zero attached hydrogens (tertiary/aromatic N) is 1. The van der Waals surface area contributed by atoms with E-state index in [0.717, 1.165) is 39.1 Å². The highest BCUT2D eigenvalue weighted by Crippen LogP contribution is 2.38. The lowest BCUT2D eigenvalue weighted by atomic mass is 9.73. The summed E-state index contributed by atoms with van der Waals surface area (Å²) in [4.78, 5) is 2.31. The first-order chi connectivity index (χ1) is 9.91. The van der Waals surface area contributed by atoms with Gasteiger partial charge < -0.3 is 15.0 Å². The van der Waals surface area contributed by atoms with Crippen LogP contribution in [0.4, 0.5) is 0 Å². The van der Waals surface area contributed by atoms with Crippen LogP contribution >= 0.6 is 0 Å². The molecule has 1 N–H and O–H groups in total. The maximum absolute atomic E-state index is 5.92. The first-order valence-electron chi connectivity index (χ1n) is 7.94. The quantitative estimate of drug-likeness (QED) is 0.872. The number of rotatable bonds is 6. The minimum absolute atomic E-state index is 0.0112. The second-order valence-electron chi connectivity index (χ2n) is 7.36. The molecule has 3 heteroatoms. The monoisotopic (exact) mass is 290 g/mol. The maximum atomic E-state index is 5.92. The minimum Gasteiger partial charge on any atom is -0.376 e. The van der Waals surface area contributed by atoms with Crippen LogP contribution in [0.5, 0.6) is 0 Å². The van der Waals surface area contributed by atoms with Crippen molar-refractivity contribution in [3.05, 3.63) is 35.9 Å². The van der Waals surface area contributed by atoms with E-state index < -0.39 is 0 Å². The van der Waals surface area contributed by atoms with E-state index in [1.165, 1.54) is 5.56 Å². The van der Waals surface area contributed by atoms with Crippen molar-refractivity contribution in [2.45, 2.75) is 38.8 Å². The summed E-state index contributed by atoms with van der Waals surface area (Å²) in [6.07, 6.45) is 2.25. The van der Waals surface area contributed by atoms with Crippen LogP contribution in [0.2, 0.25) is 0 Å². The zero-order chi connectivity index (χ0) is 15.3. The third-order valence-corrected chi connectivity index (χ3v) is 4.25. The van der Waals surface area contributed by atoms with E-state index in [9.17, 15) is 0 Å². The molecule has 1 fully saturated rings. The fourth-order valence-corrected chi connectivity index (χ4v) is 3.67. The van der Waals surface area contributed by atoms with E-state index in [1.807, 2.05) is 0 Å². The topological polar surface area (TPSA) is 24.5 Å². The Kier molecular flexibility index (Phi) is 5.42. The van der Waals surface area contributed by atoms with Gasteiger partial charge in [0, 0.05) is 31.7 Å². The fraction of sp³-hybridized carbons (Fsp3) is 0.667. The molecular formula is C18H30N2O. The molecule has 0 spiro atoms. The highest BCUT2D eigenvalue weighted by Gasteiger charge is 2.40. The largest absolute Gasteiger partial charge is 0.376 e. The highest BCUT2D eigenvalue weighted by atomic mass is 16.5. The average molecular weight is 290 g/mol. The third-order valence-electron chi connectivity index (χ3n) is 4.25. The lowest BCUT2D eigenvalue weighted by Crippen LogP contribution is -2.50. The number of nitrogens with one attached hydrogen (secondary N) is 1. The van der Waals surface area contributed by atoms with E-state index in [-0.39, 0.29) is 5.60 Å². The van der Waals surface area contributed by atoms with Crippen molar-refractivity contribution in [1.29, 1.82) is 0 Å². The van der Waals surface area contributed by atoms with E-state index in [0.29, 0.717) is 5.41 Å². The van der Waals surface area contributed by atoms with Gasteiger partial charge in [0.15, 0.2) is 0 Å². The molecule has 1 heterocycles. The average Bonchev–Trinajstić information content (AvgIpc) is 2.37. The standard InChI is InChI=1S/C18H30N2O/c1-17(2)13-18(10-11-21-17,15-20(3)4)14-19-12-16-8-6-5-7-9-16/h5-9,19H,10-15H2,1-4H3.